The second kappa shape index (κ2) is 10.0. The van der Waals surface area contributed by atoms with Crippen LogP contribution in [0, 0.1) is 12.5 Å². The van der Waals surface area contributed by atoms with Crippen molar-refractivity contribution in [3.8, 4) is 12.5 Å². The summed E-state index contributed by atoms with van der Waals surface area (Å²) >= 11 is 1.88. The van der Waals surface area contributed by atoms with E-state index in [1.807, 2.05) is 11.8 Å². The Morgan fingerprint density at radius 1 is 1.25 bits per heavy atom. The van der Waals surface area contributed by atoms with Gasteiger partial charge in [0.05, 0.1) is 6.42 Å². The van der Waals surface area contributed by atoms with E-state index in [1.54, 1.807) is 11.8 Å². The minimum Gasteiger partial charge on any atom is -0.356 e. The fourth-order valence-corrected chi connectivity index (χ4v) is 5.51. The Morgan fingerprint density at radius 3 is 2.75 bits per heavy atom. The predicted molar refractivity (Wildman–Crippen MR) is 114 cm³/mol. The molecule has 1 saturated carbocycles. The minimum absolute atomic E-state index is 0.0156. The maximum absolute atomic E-state index is 12.9. The minimum atomic E-state index is 0.0156. The van der Waals surface area contributed by atoms with Gasteiger partial charge in [0.15, 0.2) is 0 Å². The number of amides is 2. The van der Waals surface area contributed by atoms with E-state index in [0.717, 1.165) is 49.8 Å². The lowest BCUT2D eigenvalue weighted by Gasteiger charge is -2.30. The first kappa shape index (κ1) is 20.8. The summed E-state index contributed by atoms with van der Waals surface area (Å²) in [5.41, 5.74) is 2.35. The third-order valence-electron chi connectivity index (χ3n) is 5.81. The largest absolute Gasteiger partial charge is 0.356 e. The molecule has 0 aromatic heterocycles. The van der Waals surface area contributed by atoms with Gasteiger partial charge in [-0.1, -0.05) is 37.8 Å². The molecule has 0 bridgehead atoms. The molecule has 1 aromatic carbocycles. The molecule has 1 heterocycles. The van der Waals surface area contributed by atoms with E-state index in [-0.39, 0.29) is 17.9 Å². The lowest BCUT2D eigenvalue weighted by molar-refractivity contribution is -0.129. The highest BCUT2D eigenvalue weighted by Gasteiger charge is 2.25. The van der Waals surface area contributed by atoms with Gasteiger partial charge in [-0.2, -0.15) is 0 Å². The molecule has 3 rings (SSSR count). The molecule has 150 valence electrons. The molecule has 2 aliphatic rings. The number of hydrogen-bond acceptors (Lipinski definition) is 3. The van der Waals surface area contributed by atoms with E-state index in [0.29, 0.717) is 18.9 Å². The van der Waals surface area contributed by atoms with Crippen molar-refractivity contribution in [3.05, 3.63) is 29.3 Å². The predicted octanol–water partition coefficient (Wildman–Crippen LogP) is 4.09. The molecule has 4 nitrogen and oxygen atoms in total. The Bertz CT molecular complexity index is 749. The van der Waals surface area contributed by atoms with Crippen molar-refractivity contribution in [2.24, 2.45) is 0 Å². The molecule has 1 aromatic rings. The highest BCUT2D eigenvalue weighted by atomic mass is 32.2. The average Bonchev–Trinajstić information content (AvgIpc) is 2.69. The van der Waals surface area contributed by atoms with Crippen LogP contribution in [0.25, 0.3) is 0 Å². The van der Waals surface area contributed by atoms with Crippen LogP contribution < -0.4 is 5.32 Å². The topological polar surface area (TPSA) is 49.4 Å². The van der Waals surface area contributed by atoms with Crippen LogP contribution in [0.4, 0.5) is 0 Å². The van der Waals surface area contributed by atoms with E-state index in [2.05, 4.69) is 29.6 Å². The van der Waals surface area contributed by atoms with Gasteiger partial charge in [0.25, 0.3) is 0 Å². The quantitative estimate of drug-likeness (QED) is 0.580. The van der Waals surface area contributed by atoms with Crippen molar-refractivity contribution in [1.29, 1.82) is 0 Å². The lowest BCUT2D eigenvalue weighted by atomic mass is 9.90. The van der Waals surface area contributed by atoms with Gasteiger partial charge < -0.3 is 5.32 Å². The van der Waals surface area contributed by atoms with Crippen molar-refractivity contribution in [2.45, 2.75) is 75.1 Å². The van der Waals surface area contributed by atoms with Crippen LogP contribution in [0.1, 0.15) is 68.9 Å². The Labute approximate surface area is 172 Å². The van der Waals surface area contributed by atoms with Crippen LogP contribution >= 0.6 is 11.8 Å². The summed E-state index contributed by atoms with van der Waals surface area (Å²) in [7, 11) is 0. The molecule has 1 fully saturated rings. The lowest BCUT2D eigenvalue weighted by Crippen LogP contribution is -2.38. The third kappa shape index (κ3) is 5.32. The number of carbonyl (C=O) groups is 2. The second-order valence-electron chi connectivity index (χ2n) is 7.84. The zero-order chi connectivity index (χ0) is 19.9. The maximum Gasteiger partial charge on any atom is 0.238 e. The number of carbonyl (C=O) groups excluding carboxylic acids is 2. The zero-order valence-corrected chi connectivity index (χ0v) is 17.5. The summed E-state index contributed by atoms with van der Waals surface area (Å²) in [6.45, 7) is 2.25. The van der Waals surface area contributed by atoms with Crippen LogP contribution in [0.5, 0.6) is 0 Å². The van der Waals surface area contributed by atoms with Crippen LogP contribution in [0.2, 0.25) is 0 Å². The monoisotopic (exact) mass is 398 g/mol. The molecule has 0 saturated heterocycles. The van der Waals surface area contributed by atoms with E-state index in [4.69, 9.17) is 6.42 Å². The van der Waals surface area contributed by atoms with Gasteiger partial charge in [-0.25, -0.2) is 0 Å². The third-order valence-corrected chi connectivity index (χ3v) is 6.93. The number of nitrogens with one attached hydrogen (secondary N) is 1. The number of benzene rings is 1. The molecule has 1 N–H and O–H groups in total. The molecule has 28 heavy (non-hydrogen) atoms. The van der Waals surface area contributed by atoms with E-state index in [9.17, 15) is 9.59 Å². The highest BCUT2D eigenvalue weighted by molar-refractivity contribution is 7.99. The summed E-state index contributed by atoms with van der Waals surface area (Å²) in [5.74, 6) is 1.58. The maximum atomic E-state index is 12.9. The van der Waals surface area contributed by atoms with E-state index >= 15 is 0 Å². The Kier molecular flexibility index (Phi) is 7.44. The molecule has 2 amide bonds. The Hall–Kier alpha value is -1.93. The normalized spacial score (nSPS) is 19.4. The van der Waals surface area contributed by atoms with Gasteiger partial charge >= 0.3 is 0 Å². The van der Waals surface area contributed by atoms with Gasteiger partial charge in [-0.15, -0.1) is 11.8 Å². The van der Waals surface area contributed by atoms with Crippen molar-refractivity contribution >= 4 is 23.6 Å². The molecule has 0 spiro atoms. The van der Waals surface area contributed by atoms with Gasteiger partial charge in [-0.05, 0) is 54.5 Å². The highest BCUT2D eigenvalue weighted by Crippen LogP contribution is 2.39. The number of thioether (sulfide) groups is 1. The molecular weight excluding hydrogens is 368 g/mol. The molecule has 5 heteroatoms. The summed E-state index contributed by atoms with van der Waals surface area (Å²) < 4.78 is 0. The number of terminal acetylenes is 1. The van der Waals surface area contributed by atoms with Gasteiger partial charge in [0.1, 0.15) is 0 Å². The Balaban J connectivity index is 1.68. The van der Waals surface area contributed by atoms with Crippen molar-refractivity contribution in [1.82, 2.24) is 10.2 Å². The standard InChI is InChI=1S/C23H30N2O2S/c1-3-25(20-7-5-4-6-8-20)23(27)16-18-9-10-22-21(15-18)19(12-14-28-22)11-13-24-17(2)26/h1,9-10,15,19-20H,4-8,11-14,16H2,2H3,(H,24,26). The van der Waals surface area contributed by atoms with Crippen molar-refractivity contribution < 1.29 is 9.59 Å². The molecule has 1 aliphatic carbocycles. The molecular formula is C23H30N2O2S. The first-order valence-electron chi connectivity index (χ1n) is 10.4. The SMILES string of the molecule is C#CN(C(=O)Cc1ccc2c(c1)C(CCNC(C)=O)CCS2)C1CCCCC1. The van der Waals surface area contributed by atoms with Crippen LogP contribution in [0.15, 0.2) is 23.1 Å². The molecule has 1 atom stereocenters. The molecule has 1 aliphatic heterocycles. The summed E-state index contributed by atoms with van der Waals surface area (Å²) in [6.07, 6.45) is 13.7. The summed E-state index contributed by atoms with van der Waals surface area (Å²) in [5, 5.41) is 2.90. The number of hydrogen-bond donors (Lipinski definition) is 1. The van der Waals surface area contributed by atoms with Crippen molar-refractivity contribution in [2.75, 3.05) is 12.3 Å². The number of nitrogens with zero attached hydrogens (tertiary/aromatic N) is 1. The van der Waals surface area contributed by atoms with Gasteiger partial charge in [0, 0.05) is 30.5 Å². The van der Waals surface area contributed by atoms with Gasteiger partial charge in [-0.3, -0.25) is 14.5 Å². The zero-order valence-electron chi connectivity index (χ0n) is 16.7. The Morgan fingerprint density at radius 2 is 2.04 bits per heavy atom. The number of fused-ring (bicyclic) bond motifs is 1. The second-order valence-corrected chi connectivity index (χ2v) is 8.98. The average molecular weight is 399 g/mol. The fourth-order valence-electron chi connectivity index (χ4n) is 4.33. The molecule has 0 radical (unpaired) electrons. The summed E-state index contributed by atoms with van der Waals surface area (Å²) in [6, 6.07) is 9.24. The van der Waals surface area contributed by atoms with Crippen LogP contribution in [-0.4, -0.2) is 35.1 Å². The van der Waals surface area contributed by atoms with E-state index < -0.39 is 0 Å². The first-order chi connectivity index (χ1) is 13.6. The van der Waals surface area contributed by atoms with Crippen LogP contribution in [0.3, 0.4) is 0 Å². The van der Waals surface area contributed by atoms with Crippen LogP contribution in [-0.2, 0) is 16.0 Å². The number of rotatable bonds is 6. The molecule has 1 unspecified atom stereocenters. The smallest absolute Gasteiger partial charge is 0.238 e. The summed E-state index contributed by atoms with van der Waals surface area (Å²) in [4.78, 5) is 27.0. The fraction of sp³-hybridized carbons (Fsp3) is 0.565. The van der Waals surface area contributed by atoms with Gasteiger partial charge in [0.2, 0.25) is 11.8 Å². The van der Waals surface area contributed by atoms with Crippen molar-refractivity contribution in [3.63, 3.8) is 0 Å². The first-order valence-corrected chi connectivity index (χ1v) is 11.4. The van der Waals surface area contributed by atoms with E-state index in [1.165, 1.54) is 16.9 Å².